The molecule has 2 aromatic carbocycles. The maximum Gasteiger partial charge on any atom is 0.126 e. The van der Waals surface area contributed by atoms with Crippen LogP contribution in [-0.2, 0) is 6.42 Å². The molecule has 2 nitrogen and oxygen atoms in total. The van der Waals surface area contributed by atoms with Gasteiger partial charge in [-0.25, -0.2) is 0 Å². The molecule has 0 spiro atoms. The van der Waals surface area contributed by atoms with Crippen LogP contribution in [0.4, 0.5) is 0 Å². The molecule has 0 amide bonds. The number of methoxy groups -OCH3 is 1. The smallest absolute Gasteiger partial charge is 0.126 e. The van der Waals surface area contributed by atoms with Gasteiger partial charge in [0.2, 0.25) is 0 Å². The highest BCUT2D eigenvalue weighted by atomic mass is 16.5. The fraction of sp³-hybridized carbons (Fsp3) is 0.412. The van der Waals surface area contributed by atoms with Gasteiger partial charge in [-0.3, -0.25) is 0 Å². The molecule has 0 N–H and O–H groups in total. The van der Waals surface area contributed by atoms with E-state index in [4.69, 9.17) is 4.74 Å². The molecule has 1 saturated heterocycles. The van der Waals surface area contributed by atoms with Gasteiger partial charge in [0.15, 0.2) is 0 Å². The van der Waals surface area contributed by atoms with Gasteiger partial charge in [-0.1, -0.05) is 30.3 Å². The number of fused-ring (bicyclic) bond motifs is 1. The minimum Gasteiger partial charge on any atom is -0.496 e. The SMILES string of the molecule is COc1cccc2cccc(C[C@@H]3CCCN3C)c12. The fourth-order valence-electron chi connectivity index (χ4n) is 3.21. The predicted molar refractivity (Wildman–Crippen MR) is 79.9 cm³/mol. The Balaban J connectivity index is 2.02. The van der Waals surface area contributed by atoms with E-state index in [2.05, 4.69) is 48.3 Å². The fourth-order valence-corrected chi connectivity index (χ4v) is 3.21. The number of ether oxygens (including phenoxy) is 1. The Morgan fingerprint density at radius 2 is 2.00 bits per heavy atom. The van der Waals surface area contributed by atoms with Crippen LogP contribution in [-0.4, -0.2) is 31.6 Å². The summed E-state index contributed by atoms with van der Waals surface area (Å²) in [5.74, 6) is 0.994. The molecule has 100 valence electrons. The van der Waals surface area contributed by atoms with Gasteiger partial charge >= 0.3 is 0 Å². The van der Waals surface area contributed by atoms with Gasteiger partial charge in [0, 0.05) is 11.4 Å². The van der Waals surface area contributed by atoms with Crippen molar-refractivity contribution in [3.63, 3.8) is 0 Å². The number of likely N-dealkylation sites (N-methyl/N-ethyl adjacent to an activating group) is 1. The standard InChI is InChI=1S/C17H21NO/c1-18-11-5-9-15(18)12-14-8-3-6-13-7-4-10-16(19-2)17(13)14/h3-4,6-8,10,15H,5,9,11-12H2,1-2H3/t15-/m0/s1. The molecule has 0 aromatic heterocycles. The summed E-state index contributed by atoms with van der Waals surface area (Å²) in [7, 11) is 3.99. The van der Waals surface area contributed by atoms with Crippen LogP contribution in [0.15, 0.2) is 36.4 Å². The van der Waals surface area contributed by atoms with Crippen LogP contribution in [0.2, 0.25) is 0 Å². The second kappa shape index (κ2) is 5.22. The number of rotatable bonds is 3. The van der Waals surface area contributed by atoms with Crippen molar-refractivity contribution in [2.75, 3.05) is 20.7 Å². The first kappa shape index (κ1) is 12.5. The summed E-state index contributed by atoms with van der Waals surface area (Å²) >= 11 is 0. The third kappa shape index (κ3) is 2.33. The first-order chi connectivity index (χ1) is 9.29. The molecule has 0 radical (unpaired) electrons. The monoisotopic (exact) mass is 255 g/mol. The van der Waals surface area contributed by atoms with Gasteiger partial charge in [0.25, 0.3) is 0 Å². The van der Waals surface area contributed by atoms with E-state index < -0.39 is 0 Å². The lowest BCUT2D eigenvalue weighted by molar-refractivity contribution is 0.309. The van der Waals surface area contributed by atoms with E-state index in [1.165, 1.54) is 35.7 Å². The van der Waals surface area contributed by atoms with Crippen LogP contribution in [0.25, 0.3) is 10.8 Å². The van der Waals surface area contributed by atoms with Gasteiger partial charge in [-0.2, -0.15) is 0 Å². The molecule has 1 heterocycles. The third-order valence-electron chi connectivity index (χ3n) is 4.30. The maximum absolute atomic E-state index is 5.55. The van der Waals surface area contributed by atoms with Crippen molar-refractivity contribution in [3.8, 4) is 5.75 Å². The van der Waals surface area contributed by atoms with Crippen molar-refractivity contribution >= 4 is 10.8 Å². The highest BCUT2D eigenvalue weighted by molar-refractivity contribution is 5.91. The van der Waals surface area contributed by atoms with E-state index in [-0.39, 0.29) is 0 Å². The molecule has 0 saturated carbocycles. The zero-order chi connectivity index (χ0) is 13.2. The van der Waals surface area contributed by atoms with E-state index in [0.717, 1.165) is 12.2 Å². The van der Waals surface area contributed by atoms with Crippen LogP contribution in [0.1, 0.15) is 18.4 Å². The molecule has 0 unspecified atom stereocenters. The van der Waals surface area contributed by atoms with Crippen molar-refractivity contribution in [1.82, 2.24) is 4.90 Å². The Hall–Kier alpha value is -1.54. The van der Waals surface area contributed by atoms with Gasteiger partial charge in [-0.15, -0.1) is 0 Å². The van der Waals surface area contributed by atoms with E-state index in [0.29, 0.717) is 6.04 Å². The highest BCUT2D eigenvalue weighted by Crippen LogP contribution is 2.31. The molecule has 1 aliphatic rings. The Labute approximate surface area is 115 Å². The van der Waals surface area contributed by atoms with Gasteiger partial charge in [0.1, 0.15) is 5.75 Å². The zero-order valence-corrected chi connectivity index (χ0v) is 11.7. The summed E-state index contributed by atoms with van der Waals surface area (Å²) < 4.78 is 5.55. The lowest BCUT2D eigenvalue weighted by atomic mass is 9.97. The topological polar surface area (TPSA) is 12.5 Å². The Bertz CT molecular complexity index is 573. The average molecular weight is 255 g/mol. The second-order valence-electron chi connectivity index (χ2n) is 5.46. The summed E-state index contributed by atoms with van der Waals surface area (Å²) in [5, 5.41) is 2.56. The molecule has 1 aliphatic heterocycles. The summed E-state index contributed by atoms with van der Waals surface area (Å²) in [6.45, 7) is 1.23. The predicted octanol–water partition coefficient (Wildman–Crippen LogP) is 3.49. The van der Waals surface area contributed by atoms with Crippen molar-refractivity contribution in [2.45, 2.75) is 25.3 Å². The van der Waals surface area contributed by atoms with E-state index in [1.54, 1.807) is 7.11 Å². The minimum atomic E-state index is 0.676. The second-order valence-corrected chi connectivity index (χ2v) is 5.46. The quantitative estimate of drug-likeness (QED) is 0.832. The Kier molecular flexibility index (Phi) is 3.43. The van der Waals surface area contributed by atoms with Crippen LogP contribution in [0, 0.1) is 0 Å². The molecule has 1 fully saturated rings. The van der Waals surface area contributed by atoms with Crippen molar-refractivity contribution in [1.29, 1.82) is 0 Å². The van der Waals surface area contributed by atoms with E-state index in [9.17, 15) is 0 Å². The van der Waals surface area contributed by atoms with Crippen LogP contribution < -0.4 is 4.74 Å². The summed E-state index contributed by atoms with van der Waals surface area (Å²) in [4.78, 5) is 2.48. The molecule has 2 aromatic rings. The number of benzene rings is 2. The lowest BCUT2D eigenvalue weighted by Crippen LogP contribution is -2.26. The van der Waals surface area contributed by atoms with Crippen LogP contribution >= 0.6 is 0 Å². The van der Waals surface area contributed by atoms with Gasteiger partial charge in [0.05, 0.1) is 7.11 Å². The van der Waals surface area contributed by atoms with Gasteiger partial charge in [-0.05, 0) is 49.9 Å². The highest BCUT2D eigenvalue weighted by Gasteiger charge is 2.22. The maximum atomic E-state index is 5.55. The average Bonchev–Trinajstić information content (AvgIpc) is 2.84. The molecular formula is C17H21NO. The number of likely N-dealkylation sites (tertiary alicyclic amines) is 1. The summed E-state index contributed by atoms with van der Waals surface area (Å²) in [6, 6.07) is 13.5. The summed E-state index contributed by atoms with van der Waals surface area (Å²) in [6.07, 6.45) is 3.75. The first-order valence-corrected chi connectivity index (χ1v) is 7.04. The van der Waals surface area contributed by atoms with Gasteiger partial charge < -0.3 is 9.64 Å². The van der Waals surface area contributed by atoms with E-state index >= 15 is 0 Å². The number of hydrogen-bond acceptors (Lipinski definition) is 2. The minimum absolute atomic E-state index is 0.676. The number of nitrogens with zero attached hydrogens (tertiary/aromatic N) is 1. The molecule has 19 heavy (non-hydrogen) atoms. The molecule has 3 rings (SSSR count). The van der Waals surface area contributed by atoms with E-state index in [1.807, 2.05) is 0 Å². The Morgan fingerprint density at radius 1 is 1.21 bits per heavy atom. The van der Waals surface area contributed by atoms with Crippen molar-refractivity contribution in [2.24, 2.45) is 0 Å². The van der Waals surface area contributed by atoms with Crippen molar-refractivity contribution in [3.05, 3.63) is 42.0 Å². The third-order valence-corrected chi connectivity index (χ3v) is 4.30. The number of hydrogen-bond donors (Lipinski definition) is 0. The molecule has 1 atom stereocenters. The van der Waals surface area contributed by atoms with Crippen LogP contribution in [0.5, 0.6) is 5.75 Å². The molecular weight excluding hydrogens is 234 g/mol. The largest absolute Gasteiger partial charge is 0.496 e. The van der Waals surface area contributed by atoms with Crippen molar-refractivity contribution < 1.29 is 4.74 Å². The summed E-state index contributed by atoms with van der Waals surface area (Å²) in [5.41, 5.74) is 1.41. The molecule has 0 aliphatic carbocycles. The first-order valence-electron chi connectivity index (χ1n) is 7.04. The Morgan fingerprint density at radius 3 is 2.68 bits per heavy atom. The normalized spacial score (nSPS) is 20.0. The lowest BCUT2D eigenvalue weighted by Gasteiger charge is -2.20. The molecule has 2 heteroatoms. The van der Waals surface area contributed by atoms with Crippen LogP contribution in [0.3, 0.4) is 0 Å². The molecule has 0 bridgehead atoms. The zero-order valence-electron chi connectivity index (χ0n) is 11.7.